The van der Waals surface area contributed by atoms with E-state index in [4.69, 9.17) is 5.11 Å². The second kappa shape index (κ2) is 5.23. The summed E-state index contributed by atoms with van der Waals surface area (Å²) in [5.41, 5.74) is 1.13. The van der Waals surface area contributed by atoms with Gasteiger partial charge in [-0.15, -0.1) is 0 Å². The van der Waals surface area contributed by atoms with Gasteiger partial charge in [-0.3, -0.25) is 4.79 Å². The summed E-state index contributed by atoms with van der Waals surface area (Å²) in [5.74, 6) is -0.776. The van der Waals surface area contributed by atoms with E-state index in [0.29, 0.717) is 0 Å². The quantitative estimate of drug-likeness (QED) is 0.814. The molecule has 1 aliphatic heterocycles. The molecule has 0 aromatic heterocycles. The average molecular weight is 238 g/mol. The van der Waals surface area contributed by atoms with Crippen molar-refractivity contribution in [2.45, 2.75) is 6.42 Å². The van der Waals surface area contributed by atoms with E-state index in [1.807, 2.05) is 34.6 Å². The van der Waals surface area contributed by atoms with Crippen LogP contribution in [0.25, 0.3) is 0 Å². The number of hydrogen-bond acceptors (Lipinski definition) is 4. The van der Waals surface area contributed by atoms with E-state index < -0.39 is 5.97 Å². The van der Waals surface area contributed by atoms with Gasteiger partial charge in [-0.1, -0.05) is 18.2 Å². The zero-order chi connectivity index (χ0) is 11.4. The molecule has 1 N–H and O–H groups in total. The van der Waals surface area contributed by atoms with Crippen molar-refractivity contribution in [1.82, 2.24) is 4.31 Å². The molecule has 0 amide bonds. The predicted octanol–water partition coefficient (Wildman–Crippen LogP) is 1.85. The summed E-state index contributed by atoms with van der Waals surface area (Å²) in [6.07, 6.45) is 0.995. The van der Waals surface area contributed by atoms with E-state index in [0.717, 1.165) is 25.2 Å². The van der Waals surface area contributed by atoms with Crippen molar-refractivity contribution >= 4 is 23.8 Å². The van der Waals surface area contributed by atoms with Crippen molar-refractivity contribution in [3.05, 3.63) is 30.3 Å². The normalized spacial score (nSPS) is 17.4. The maximum absolute atomic E-state index is 10.6. The third-order valence-corrected chi connectivity index (χ3v) is 3.47. The topological polar surface area (TPSA) is 43.8 Å². The lowest BCUT2D eigenvalue weighted by atomic mass is 10.3. The summed E-state index contributed by atoms with van der Waals surface area (Å²) in [7, 11) is 0. The van der Waals surface area contributed by atoms with E-state index in [9.17, 15) is 4.79 Å². The van der Waals surface area contributed by atoms with E-state index in [2.05, 4.69) is 4.31 Å². The molecule has 0 radical (unpaired) electrons. The summed E-state index contributed by atoms with van der Waals surface area (Å²) in [4.78, 5) is 10.6. The molecule has 0 saturated carbocycles. The molecule has 16 heavy (non-hydrogen) atoms. The van der Waals surface area contributed by atoms with Crippen LogP contribution in [0.2, 0.25) is 0 Å². The van der Waals surface area contributed by atoms with E-state index in [-0.39, 0.29) is 6.54 Å². The van der Waals surface area contributed by atoms with Crippen LogP contribution in [-0.2, 0) is 4.79 Å². The Morgan fingerprint density at radius 3 is 2.75 bits per heavy atom. The average Bonchev–Trinajstić information content (AvgIpc) is 2.30. The second-order valence-electron chi connectivity index (χ2n) is 3.63. The number of rotatable bonds is 3. The number of benzene rings is 1. The van der Waals surface area contributed by atoms with E-state index >= 15 is 0 Å². The zero-order valence-electron chi connectivity index (χ0n) is 8.87. The Morgan fingerprint density at radius 2 is 2.06 bits per heavy atom. The summed E-state index contributed by atoms with van der Waals surface area (Å²) in [6, 6.07) is 10.0. The standard InChI is InChI=1S/C11H14N2O2S/c14-11(15)9-12-7-4-8-13(16-12)10-5-2-1-3-6-10/h1-3,5-6H,4,7-9H2,(H,14,15). The highest BCUT2D eigenvalue weighted by Crippen LogP contribution is 2.28. The smallest absolute Gasteiger partial charge is 0.318 e. The van der Waals surface area contributed by atoms with Gasteiger partial charge < -0.3 is 9.41 Å². The largest absolute Gasteiger partial charge is 0.480 e. The van der Waals surface area contributed by atoms with Gasteiger partial charge in [0.2, 0.25) is 0 Å². The molecule has 1 aromatic rings. The first kappa shape index (κ1) is 11.3. The van der Waals surface area contributed by atoms with Crippen LogP contribution in [0.5, 0.6) is 0 Å². The minimum atomic E-state index is -0.776. The van der Waals surface area contributed by atoms with Crippen molar-refractivity contribution in [2.75, 3.05) is 23.9 Å². The molecular formula is C11H14N2O2S. The van der Waals surface area contributed by atoms with Crippen molar-refractivity contribution in [1.29, 1.82) is 0 Å². The fourth-order valence-electron chi connectivity index (χ4n) is 1.64. The summed E-state index contributed by atoms with van der Waals surface area (Å²) in [5, 5.41) is 8.75. The number of para-hydroxylation sites is 1. The van der Waals surface area contributed by atoms with Crippen LogP contribution in [0.1, 0.15) is 6.42 Å². The first-order chi connectivity index (χ1) is 7.75. The van der Waals surface area contributed by atoms with Gasteiger partial charge in [0.15, 0.2) is 0 Å². The second-order valence-corrected chi connectivity index (χ2v) is 4.75. The van der Waals surface area contributed by atoms with E-state index in [1.54, 1.807) is 0 Å². The minimum Gasteiger partial charge on any atom is -0.480 e. The van der Waals surface area contributed by atoms with Crippen molar-refractivity contribution < 1.29 is 9.90 Å². The van der Waals surface area contributed by atoms with Crippen LogP contribution in [0.3, 0.4) is 0 Å². The van der Waals surface area contributed by atoms with Gasteiger partial charge in [0.1, 0.15) is 6.54 Å². The number of carboxylic acid groups (broad SMARTS) is 1. The van der Waals surface area contributed by atoms with Crippen LogP contribution in [0.4, 0.5) is 5.69 Å². The lowest BCUT2D eigenvalue weighted by Crippen LogP contribution is -2.36. The van der Waals surface area contributed by atoms with Crippen molar-refractivity contribution in [3.63, 3.8) is 0 Å². The lowest BCUT2D eigenvalue weighted by molar-refractivity contribution is -0.137. The summed E-state index contributed by atoms with van der Waals surface area (Å²) in [6.45, 7) is 1.89. The molecule has 0 aliphatic carbocycles. The number of aliphatic carboxylic acids is 1. The summed E-state index contributed by atoms with van der Waals surface area (Å²) >= 11 is 1.50. The van der Waals surface area contributed by atoms with Crippen LogP contribution in [-0.4, -0.2) is 35.0 Å². The molecule has 0 spiro atoms. The molecule has 0 bridgehead atoms. The fourth-order valence-corrected chi connectivity index (χ4v) is 2.73. The Labute approximate surface area is 99.1 Å². The third-order valence-electron chi connectivity index (χ3n) is 2.34. The van der Waals surface area contributed by atoms with Gasteiger partial charge in [0.25, 0.3) is 0 Å². The lowest BCUT2D eigenvalue weighted by Gasteiger charge is -2.33. The molecule has 86 valence electrons. The maximum atomic E-state index is 10.6. The Morgan fingerprint density at radius 1 is 1.31 bits per heavy atom. The molecule has 2 rings (SSSR count). The van der Waals surface area contributed by atoms with Gasteiger partial charge >= 0.3 is 5.97 Å². The zero-order valence-corrected chi connectivity index (χ0v) is 9.69. The molecule has 4 nitrogen and oxygen atoms in total. The molecule has 0 unspecified atom stereocenters. The fraction of sp³-hybridized carbons (Fsp3) is 0.364. The first-order valence-electron chi connectivity index (χ1n) is 5.23. The van der Waals surface area contributed by atoms with Gasteiger partial charge in [-0.05, 0) is 18.6 Å². The number of carbonyl (C=O) groups is 1. The Kier molecular flexibility index (Phi) is 3.69. The molecule has 1 aromatic carbocycles. The Balaban J connectivity index is 1.99. The molecule has 1 heterocycles. The highest BCUT2D eigenvalue weighted by atomic mass is 32.2. The number of nitrogens with zero attached hydrogens (tertiary/aromatic N) is 2. The van der Waals surface area contributed by atoms with Gasteiger partial charge in [-0.2, -0.15) is 0 Å². The van der Waals surface area contributed by atoms with Gasteiger partial charge in [0.05, 0.1) is 0 Å². The summed E-state index contributed by atoms with van der Waals surface area (Å²) < 4.78 is 4.01. The van der Waals surface area contributed by atoms with E-state index in [1.165, 1.54) is 12.1 Å². The molecule has 1 aliphatic rings. The molecule has 5 heteroatoms. The number of hydrogen-bond donors (Lipinski definition) is 1. The molecule has 1 fully saturated rings. The van der Waals surface area contributed by atoms with Gasteiger partial charge in [0, 0.05) is 30.9 Å². The third kappa shape index (κ3) is 2.90. The Hall–Kier alpha value is -1.20. The van der Waals surface area contributed by atoms with Crippen molar-refractivity contribution in [3.8, 4) is 0 Å². The van der Waals surface area contributed by atoms with Crippen LogP contribution in [0, 0.1) is 0 Å². The minimum absolute atomic E-state index is 0.0913. The monoisotopic (exact) mass is 238 g/mol. The van der Waals surface area contributed by atoms with Crippen LogP contribution < -0.4 is 4.31 Å². The van der Waals surface area contributed by atoms with Crippen LogP contribution >= 0.6 is 12.1 Å². The number of carboxylic acids is 1. The van der Waals surface area contributed by atoms with Crippen LogP contribution in [0.15, 0.2) is 30.3 Å². The molecule has 1 saturated heterocycles. The molecule has 0 atom stereocenters. The predicted molar refractivity (Wildman–Crippen MR) is 65.2 cm³/mol. The molecular weight excluding hydrogens is 224 g/mol. The SMILES string of the molecule is O=C(O)CN1CCCN(c2ccccc2)S1. The number of anilines is 1. The first-order valence-corrected chi connectivity index (χ1v) is 5.96. The Bertz CT molecular complexity index is 358. The van der Waals surface area contributed by atoms with Gasteiger partial charge in [-0.25, -0.2) is 4.31 Å². The maximum Gasteiger partial charge on any atom is 0.318 e. The highest BCUT2D eigenvalue weighted by molar-refractivity contribution is 7.98. The van der Waals surface area contributed by atoms with Crippen molar-refractivity contribution in [2.24, 2.45) is 0 Å². The highest BCUT2D eigenvalue weighted by Gasteiger charge is 2.20.